The van der Waals surface area contributed by atoms with E-state index in [1.54, 1.807) is 23.8 Å². The zero-order valence-electron chi connectivity index (χ0n) is 17.1. The van der Waals surface area contributed by atoms with Crippen LogP contribution in [0.4, 0.5) is 0 Å². The van der Waals surface area contributed by atoms with Gasteiger partial charge >= 0.3 is 0 Å². The molecule has 2 aliphatic rings. The van der Waals surface area contributed by atoms with Crippen molar-refractivity contribution < 1.29 is 19.1 Å². The van der Waals surface area contributed by atoms with E-state index >= 15 is 0 Å². The van der Waals surface area contributed by atoms with Gasteiger partial charge in [0.25, 0.3) is 5.91 Å². The number of benzene rings is 1. The average molecular weight is 411 g/mol. The maximum atomic E-state index is 13.0. The van der Waals surface area contributed by atoms with Gasteiger partial charge in [-0.25, -0.2) is 0 Å². The average Bonchev–Trinajstić information content (AvgIpc) is 2.89. The molecule has 0 bridgehead atoms. The second-order valence-corrected chi connectivity index (χ2v) is 7.91. The number of fused-ring (bicyclic) bond motifs is 1. The Bertz CT molecular complexity index is 1010. The summed E-state index contributed by atoms with van der Waals surface area (Å²) in [6, 6.07) is 8.47. The third-order valence-electron chi connectivity index (χ3n) is 5.74. The molecule has 2 amide bonds. The van der Waals surface area contributed by atoms with Gasteiger partial charge in [-0.05, 0) is 31.0 Å². The Kier molecular flexibility index (Phi) is 5.24. The number of amides is 2. The molecule has 0 saturated carbocycles. The van der Waals surface area contributed by atoms with Crippen LogP contribution in [0.25, 0.3) is 0 Å². The minimum atomic E-state index is -0.709. The fourth-order valence-corrected chi connectivity index (χ4v) is 4.19. The van der Waals surface area contributed by atoms with Crippen LogP contribution < -0.4 is 15.0 Å². The summed E-state index contributed by atoms with van der Waals surface area (Å²) in [6.07, 6.45) is 2.91. The first-order valence-electron chi connectivity index (χ1n) is 9.99. The number of piperidine rings is 1. The van der Waals surface area contributed by atoms with Crippen molar-refractivity contribution in [3.63, 3.8) is 0 Å². The van der Waals surface area contributed by atoms with E-state index in [0.29, 0.717) is 43.2 Å². The molecule has 1 aromatic heterocycles. The molecule has 1 unspecified atom stereocenters. The summed E-state index contributed by atoms with van der Waals surface area (Å²) in [4.78, 5) is 42.7. The van der Waals surface area contributed by atoms with Crippen molar-refractivity contribution in [1.29, 1.82) is 0 Å². The Labute approximate surface area is 174 Å². The van der Waals surface area contributed by atoms with Crippen LogP contribution in [-0.2, 0) is 11.3 Å². The lowest BCUT2D eigenvalue weighted by molar-refractivity contribution is -0.132. The van der Waals surface area contributed by atoms with E-state index in [2.05, 4.69) is 4.98 Å². The summed E-state index contributed by atoms with van der Waals surface area (Å²) in [5.41, 5.74) is 0.369. The quantitative estimate of drug-likeness (QED) is 0.814. The summed E-state index contributed by atoms with van der Waals surface area (Å²) in [6.45, 7) is 3.34. The number of aromatic nitrogens is 1. The standard InChI is InChI=1S/C22H25N3O5/c1-15(26)25-12-17-4-6-18(29-2)10-19(17)30-22(14-25)8-3-9-24(13-22)21(28)16-5-7-20(27)23-11-16/h4-7,10-11H,3,8-9,12-14H2,1-2H3,(H,23,27). The molecule has 8 nitrogen and oxygen atoms in total. The van der Waals surface area contributed by atoms with Crippen molar-refractivity contribution in [2.24, 2.45) is 0 Å². The van der Waals surface area contributed by atoms with Gasteiger partial charge in [0, 0.05) is 43.9 Å². The first-order chi connectivity index (χ1) is 14.4. The maximum absolute atomic E-state index is 13.0. The molecular formula is C22H25N3O5. The predicted octanol–water partition coefficient (Wildman–Crippen LogP) is 1.80. The predicted molar refractivity (Wildman–Crippen MR) is 110 cm³/mol. The molecule has 2 aliphatic heterocycles. The Morgan fingerprint density at radius 3 is 2.67 bits per heavy atom. The first-order valence-corrected chi connectivity index (χ1v) is 9.99. The highest BCUT2D eigenvalue weighted by Gasteiger charge is 2.43. The van der Waals surface area contributed by atoms with E-state index in [0.717, 1.165) is 18.4 Å². The van der Waals surface area contributed by atoms with Gasteiger partial charge in [-0.15, -0.1) is 0 Å². The van der Waals surface area contributed by atoms with Crippen LogP contribution in [0.3, 0.4) is 0 Å². The fraction of sp³-hybridized carbons (Fsp3) is 0.409. The summed E-state index contributed by atoms with van der Waals surface area (Å²) in [5.74, 6) is 1.15. The fourth-order valence-electron chi connectivity index (χ4n) is 4.19. The zero-order valence-corrected chi connectivity index (χ0v) is 17.1. The minimum absolute atomic E-state index is 0.0364. The van der Waals surface area contributed by atoms with Gasteiger partial charge in [-0.3, -0.25) is 14.4 Å². The van der Waals surface area contributed by atoms with Crippen molar-refractivity contribution in [1.82, 2.24) is 14.8 Å². The number of methoxy groups -OCH3 is 1. The molecule has 8 heteroatoms. The Morgan fingerprint density at radius 1 is 1.17 bits per heavy atom. The van der Waals surface area contributed by atoms with Crippen LogP contribution in [-0.4, -0.2) is 58.9 Å². The van der Waals surface area contributed by atoms with Gasteiger partial charge in [0.2, 0.25) is 11.5 Å². The van der Waals surface area contributed by atoms with E-state index in [9.17, 15) is 14.4 Å². The lowest BCUT2D eigenvalue weighted by Crippen LogP contribution is -2.58. The number of rotatable bonds is 2. The third-order valence-corrected chi connectivity index (χ3v) is 5.74. The number of nitrogens with zero attached hydrogens (tertiary/aromatic N) is 2. The zero-order chi connectivity index (χ0) is 21.3. The molecule has 0 radical (unpaired) electrons. The lowest BCUT2D eigenvalue weighted by atomic mass is 9.91. The summed E-state index contributed by atoms with van der Waals surface area (Å²) in [5, 5.41) is 0. The maximum Gasteiger partial charge on any atom is 0.255 e. The molecule has 1 aromatic carbocycles. The van der Waals surface area contributed by atoms with Crippen molar-refractivity contribution in [3.05, 3.63) is 58.0 Å². The first kappa shape index (κ1) is 20.0. The molecule has 30 heavy (non-hydrogen) atoms. The van der Waals surface area contributed by atoms with Crippen molar-refractivity contribution >= 4 is 11.8 Å². The summed E-state index contributed by atoms with van der Waals surface area (Å²) in [7, 11) is 1.60. The molecule has 3 heterocycles. The topological polar surface area (TPSA) is 91.9 Å². The molecule has 1 spiro atoms. The Morgan fingerprint density at radius 2 is 1.97 bits per heavy atom. The molecule has 2 aromatic rings. The van der Waals surface area contributed by atoms with Gasteiger partial charge in [0.05, 0.1) is 25.8 Å². The minimum Gasteiger partial charge on any atom is -0.497 e. The van der Waals surface area contributed by atoms with Gasteiger partial charge in [0.15, 0.2) is 0 Å². The number of hydrogen-bond acceptors (Lipinski definition) is 5. The number of carbonyl (C=O) groups excluding carboxylic acids is 2. The largest absolute Gasteiger partial charge is 0.497 e. The molecule has 0 aliphatic carbocycles. The SMILES string of the molecule is COc1ccc2c(c1)OC1(CCCN(C(=O)c3ccc(=O)[nH]c3)C1)CN(C(C)=O)C2. The van der Waals surface area contributed by atoms with E-state index < -0.39 is 5.60 Å². The molecule has 158 valence electrons. The highest BCUT2D eigenvalue weighted by atomic mass is 16.5. The summed E-state index contributed by atoms with van der Waals surface area (Å²) >= 11 is 0. The molecule has 4 rings (SSSR count). The number of H-pyrrole nitrogens is 1. The van der Waals surface area contributed by atoms with E-state index in [-0.39, 0.29) is 17.4 Å². The van der Waals surface area contributed by atoms with Crippen LogP contribution in [0.1, 0.15) is 35.7 Å². The number of pyridine rings is 1. The smallest absolute Gasteiger partial charge is 0.255 e. The summed E-state index contributed by atoms with van der Waals surface area (Å²) < 4.78 is 11.9. The highest BCUT2D eigenvalue weighted by Crippen LogP contribution is 2.37. The van der Waals surface area contributed by atoms with Crippen LogP contribution >= 0.6 is 0 Å². The second-order valence-electron chi connectivity index (χ2n) is 7.91. The van der Waals surface area contributed by atoms with Crippen LogP contribution in [0.2, 0.25) is 0 Å². The van der Waals surface area contributed by atoms with Crippen molar-refractivity contribution in [2.75, 3.05) is 26.7 Å². The van der Waals surface area contributed by atoms with E-state index in [1.807, 2.05) is 18.2 Å². The van der Waals surface area contributed by atoms with E-state index in [4.69, 9.17) is 9.47 Å². The van der Waals surface area contributed by atoms with Gasteiger partial charge < -0.3 is 24.3 Å². The molecule has 1 fully saturated rings. The second kappa shape index (κ2) is 7.85. The van der Waals surface area contributed by atoms with Crippen LogP contribution in [0, 0.1) is 0 Å². The molecule has 1 saturated heterocycles. The number of hydrogen-bond donors (Lipinski definition) is 1. The number of likely N-dealkylation sites (tertiary alicyclic amines) is 1. The lowest BCUT2D eigenvalue weighted by Gasteiger charge is -2.43. The van der Waals surface area contributed by atoms with Gasteiger partial charge in [-0.2, -0.15) is 0 Å². The van der Waals surface area contributed by atoms with Gasteiger partial charge in [-0.1, -0.05) is 0 Å². The van der Waals surface area contributed by atoms with E-state index in [1.165, 1.54) is 18.3 Å². The Balaban J connectivity index is 1.66. The Hall–Kier alpha value is -3.29. The normalized spacial score (nSPS) is 20.9. The monoisotopic (exact) mass is 411 g/mol. The van der Waals surface area contributed by atoms with Crippen LogP contribution in [0.5, 0.6) is 11.5 Å². The van der Waals surface area contributed by atoms with Gasteiger partial charge in [0.1, 0.15) is 17.1 Å². The van der Waals surface area contributed by atoms with Crippen molar-refractivity contribution in [2.45, 2.75) is 31.9 Å². The number of ether oxygens (including phenoxy) is 2. The number of carbonyl (C=O) groups is 2. The van der Waals surface area contributed by atoms with Crippen LogP contribution in [0.15, 0.2) is 41.3 Å². The highest BCUT2D eigenvalue weighted by molar-refractivity contribution is 5.94. The molecule has 1 atom stereocenters. The number of aromatic amines is 1. The molecular weight excluding hydrogens is 386 g/mol. The molecule has 1 N–H and O–H groups in total. The van der Waals surface area contributed by atoms with Crippen molar-refractivity contribution in [3.8, 4) is 11.5 Å². The number of nitrogens with one attached hydrogen (secondary N) is 1. The third kappa shape index (κ3) is 3.90.